The molecule has 0 aliphatic rings. The summed E-state index contributed by atoms with van der Waals surface area (Å²) in [5, 5.41) is 8.95. The first-order valence-electron chi connectivity index (χ1n) is 5.14. The van der Waals surface area contributed by atoms with Crippen LogP contribution in [0.3, 0.4) is 0 Å². The quantitative estimate of drug-likeness (QED) is 0.490. The molecule has 0 aliphatic carbocycles. The summed E-state index contributed by atoms with van der Waals surface area (Å²) < 4.78 is 19.3. The zero-order valence-corrected chi connectivity index (χ0v) is 9.97. The molecule has 2 unspecified atom stereocenters. The fourth-order valence-corrected chi connectivity index (χ4v) is 0.787. The average Bonchev–Trinajstić information content (AvgIpc) is 2.24. The Morgan fingerprint density at radius 2 is 1.88 bits per heavy atom. The van der Waals surface area contributed by atoms with Crippen molar-refractivity contribution in [1.29, 1.82) is 0 Å². The maximum Gasteiger partial charge on any atom is 0.508 e. The Bertz CT molecular complexity index is 182. The highest BCUT2D eigenvalue weighted by Gasteiger charge is 2.09. The Hall–Kier alpha value is -0.850. The van der Waals surface area contributed by atoms with E-state index in [-0.39, 0.29) is 25.9 Å². The Labute approximate surface area is 95.4 Å². The SMILES string of the molecule is COCCOC(=O)OCC(C)OCC(C)O. The number of rotatable bonds is 8. The zero-order chi connectivity index (χ0) is 12.4. The fourth-order valence-electron chi connectivity index (χ4n) is 0.787. The molecule has 0 amide bonds. The minimum Gasteiger partial charge on any atom is -0.432 e. The highest BCUT2D eigenvalue weighted by molar-refractivity contribution is 5.59. The van der Waals surface area contributed by atoms with Crippen molar-refractivity contribution in [2.75, 3.05) is 33.5 Å². The Kier molecular flexibility index (Phi) is 8.88. The number of methoxy groups -OCH3 is 1. The molecule has 0 heterocycles. The van der Waals surface area contributed by atoms with Gasteiger partial charge in [-0.2, -0.15) is 0 Å². The van der Waals surface area contributed by atoms with Crippen molar-refractivity contribution < 1.29 is 28.8 Å². The molecule has 6 heteroatoms. The van der Waals surface area contributed by atoms with Gasteiger partial charge in [-0.1, -0.05) is 0 Å². The van der Waals surface area contributed by atoms with Crippen LogP contribution < -0.4 is 0 Å². The third kappa shape index (κ3) is 9.70. The lowest BCUT2D eigenvalue weighted by molar-refractivity contribution is -0.0360. The van der Waals surface area contributed by atoms with Crippen LogP contribution in [0, 0.1) is 0 Å². The monoisotopic (exact) mass is 236 g/mol. The molecular weight excluding hydrogens is 216 g/mol. The molecule has 0 rings (SSSR count). The average molecular weight is 236 g/mol. The number of ether oxygens (including phenoxy) is 4. The summed E-state index contributed by atoms with van der Waals surface area (Å²) in [6.45, 7) is 4.17. The van der Waals surface area contributed by atoms with Gasteiger partial charge in [0.15, 0.2) is 0 Å². The minimum absolute atomic E-state index is 0.0958. The second kappa shape index (κ2) is 9.38. The maximum atomic E-state index is 11.0. The van der Waals surface area contributed by atoms with Gasteiger partial charge in [0.2, 0.25) is 0 Å². The molecule has 0 fully saturated rings. The summed E-state index contributed by atoms with van der Waals surface area (Å²) in [5.74, 6) is 0. The van der Waals surface area contributed by atoms with Crippen molar-refractivity contribution in [1.82, 2.24) is 0 Å². The normalized spacial score (nSPS) is 14.2. The van der Waals surface area contributed by atoms with Crippen molar-refractivity contribution >= 4 is 6.16 Å². The summed E-state index contributed by atoms with van der Waals surface area (Å²) in [7, 11) is 1.51. The molecule has 0 bridgehead atoms. The third-order valence-electron chi connectivity index (χ3n) is 1.57. The third-order valence-corrected chi connectivity index (χ3v) is 1.57. The molecule has 0 aromatic rings. The Morgan fingerprint density at radius 1 is 1.19 bits per heavy atom. The van der Waals surface area contributed by atoms with Crippen LogP contribution in [0.25, 0.3) is 0 Å². The van der Waals surface area contributed by atoms with Crippen molar-refractivity contribution in [3.05, 3.63) is 0 Å². The van der Waals surface area contributed by atoms with E-state index in [0.29, 0.717) is 6.61 Å². The van der Waals surface area contributed by atoms with Gasteiger partial charge in [0.1, 0.15) is 13.2 Å². The van der Waals surface area contributed by atoms with E-state index in [1.807, 2.05) is 0 Å². The lowest BCUT2D eigenvalue weighted by Crippen LogP contribution is -2.23. The lowest BCUT2D eigenvalue weighted by Gasteiger charge is -2.14. The molecule has 0 saturated carbocycles. The molecule has 96 valence electrons. The molecule has 0 aromatic heterocycles. The minimum atomic E-state index is -0.746. The standard InChI is InChI=1S/C10H20O6/c1-8(11)6-15-9(2)7-16-10(12)14-5-4-13-3/h8-9,11H,4-7H2,1-3H3. The highest BCUT2D eigenvalue weighted by Crippen LogP contribution is 1.96. The molecule has 0 aromatic carbocycles. The number of carbonyl (C=O) groups is 1. The molecule has 0 aliphatic heterocycles. The van der Waals surface area contributed by atoms with Crippen LogP contribution in [0.15, 0.2) is 0 Å². The van der Waals surface area contributed by atoms with Crippen LogP contribution in [0.4, 0.5) is 4.79 Å². The first-order chi connectivity index (χ1) is 7.56. The zero-order valence-electron chi connectivity index (χ0n) is 9.97. The number of aliphatic hydroxyl groups excluding tert-OH is 1. The van der Waals surface area contributed by atoms with Crippen molar-refractivity contribution in [3.8, 4) is 0 Å². The number of carbonyl (C=O) groups excluding carboxylic acids is 1. The van der Waals surface area contributed by atoms with E-state index in [1.165, 1.54) is 7.11 Å². The van der Waals surface area contributed by atoms with Gasteiger partial charge in [0.05, 0.1) is 25.4 Å². The number of hydrogen-bond acceptors (Lipinski definition) is 6. The molecule has 0 spiro atoms. The fraction of sp³-hybridized carbons (Fsp3) is 0.900. The first-order valence-corrected chi connectivity index (χ1v) is 5.14. The summed E-state index contributed by atoms with van der Waals surface area (Å²) >= 11 is 0. The van der Waals surface area contributed by atoms with Gasteiger partial charge in [-0.15, -0.1) is 0 Å². The summed E-state index contributed by atoms with van der Waals surface area (Å²) in [5.41, 5.74) is 0. The topological polar surface area (TPSA) is 74.2 Å². The van der Waals surface area contributed by atoms with Gasteiger partial charge in [-0.05, 0) is 13.8 Å². The van der Waals surface area contributed by atoms with Crippen LogP contribution in [0.2, 0.25) is 0 Å². The largest absolute Gasteiger partial charge is 0.508 e. The molecule has 6 nitrogen and oxygen atoms in total. The van der Waals surface area contributed by atoms with Crippen molar-refractivity contribution in [3.63, 3.8) is 0 Å². The van der Waals surface area contributed by atoms with E-state index in [0.717, 1.165) is 0 Å². The molecular formula is C10H20O6. The Morgan fingerprint density at radius 3 is 2.44 bits per heavy atom. The van der Waals surface area contributed by atoms with Gasteiger partial charge in [0, 0.05) is 7.11 Å². The van der Waals surface area contributed by atoms with Gasteiger partial charge < -0.3 is 24.1 Å². The van der Waals surface area contributed by atoms with Gasteiger partial charge in [-0.25, -0.2) is 4.79 Å². The highest BCUT2D eigenvalue weighted by atomic mass is 16.7. The van der Waals surface area contributed by atoms with E-state index in [1.54, 1.807) is 13.8 Å². The molecule has 1 N–H and O–H groups in total. The van der Waals surface area contributed by atoms with Crippen LogP contribution in [0.1, 0.15) is 13.8 Å². The predicted molar refractivity (Wildman–Crippen MR) is 56.3 cm³/mol. The summed E-state index contributed by atoms with van der Waals surface area (Å²) in [4.78, 5) is 11.0. The number of hydrogen-bond donors (Lipinski definition) is 1. The van der Waals surface area contributed by atoms with Gasteiger partial charge >= 0.3 is 6.16 Å². The van der Waals surface area contributed by atoms with Crippen LogP contribution >= 0.6 is 0 Å². The van der Waals surface area contributed by atoms with E-state index >= 15 is 0 Å². The molecule has 16 heavy (non-hydrogen) atoms. The summed E-state index contributed by atoms with van der Waals surface area (Å²) in [6.07, 6.45) is -1.55. The van der Waals surface area contributed by atoms with Crippen LogP contribution in [0.5, 0.6) is 0 Å². The predicted octanol–water partition coefficient (Wildman–Crippen LogP) is 0.572. The van der Waals surface area contributed by atoms with Crippen molar-refractivity contribution in [2.45, 2.75) is 26.1 Å². The van der Waals surface area contributed by atoms with Crippen LogP contribution in [-0.4, -0.2) is 57.0 Å². The molecule has 2 atom stereocenters. The number of aliphatic hydroxyl groups is 1. The summed E-state index contributed by atoms with van der Waals surface area (Å²) in [6, 6.07) is 0. The smallest absolute Gasteiger partial charge is 0.432 e. The Balaban J connectivity index is 3.43. The second-order valence-corrected chi connectivity index (χ2v) is 3.40. The lowest BCUT2D eigenvalue weighted by atomic mass is 10.4. The van der Waals surface area contributed by atoms with E-state index < -0.39 is 12.3 Å². The molecule has 0 saturated heterocycles. The molecule has 0 radical (unpaired) electrons. The van der Waals surface area contributed by atoms with Crippen molar-refractivity contribution in [2.24, 2.45) is 0 Å². The van der Waals surface area contributed by atoms with Gasteiger partial charge in [-0.3, -0.25) is 0 Å². The maximum absolute atomic E-state index is 11.0. The van der Waals surface area contributed by atoms with Crippen LogP contribution in [-0.2, 0) is 18.9 Å². The van der Waals surface area contributed by atoms with Gasteiger partial charge in [0.25, 0.3) is 0 Å². The van der Waals surface area contributed by atoms with E-state index in [9.17, 15) is 4.79 Å². The van der Waals surface area contributed by atoms with E-state index in [2.05, 4.69) is 4.74 Å². The first kappa shape index (κ1) is 15.2. The van der Waals surface area contributed by atoms with E-state index in [4.69, 9.17) is 19.3 Å². The second-order valence-electron chi connectivity index (χ2n) is 3.40.